The van der Waals surface area contributed by atoms with E-state index in [0.717, 1.165) is 0 Å². The fourth-order valence-electron chi connectivity index (χ4n) is 5.80. The average molecular weight is 630 g/mol. The molecule has 228 valence electrons. The first-order valence-corrected chi connectivity index (χ1v) is 17.5. The van der Waals surface area contributed by atoms with E-state index in [0.29, 0.717) is 22.6 Å². The van der Waals surface area contributed by atoms with Gasteiger partial charge in [-0.3, -0.25) is 0 Å². The summed E-state index contributed by atoms with van der Waals surface area (Å²) in [5, 5.41) is 0. The van der Waals surface area contributed by atoms with Gasteiger partial charge in [0.15, 0.2) is 0 Å². The van der Waals surface area contributed by atoms with Crippen LogP contribution in [-0.4, -0.2) is 32.4 Å². The van der Waals surface area contributed by atoms with Crippen LogP contribution in [0.5, 0.6) is 0 Å². The molecular weight excluding hydrogens is 574 g/mol. The Bertz CT molecular complexity index is 929. The molecule has 0 unspecified atom stereocenters. The quantitative estimate of drug-likeness (QED) is 0.132. The van der Waals surface area contributed by atoms with Crippen molar-refractivity contribution in [1.82, 2.24) is 9.80 Å². The number of nitrogens with one attached hydrogen (secondary N) is 2. The molecule has 0 bridgehead atoms. The van der Waals surface area contributed by atoms with Crippen molar-refractivity contribution in [2.75, 3.05) is 0 Å². The Hall–Kier alpha value is -1.12. The molecule has 9 heteroatoms. The molecule has 0 fully saturated rings. The van der Waals surface area contributed by atoms with Gasteiger partial charge in [-0.2, -0.15) is 0 Å². The molecule has 3 aliphatic heterocycles. The number of nitrogens with zero attached hydrogens (tertiary/aromatic N) is 4. The molecule has 0 aromatic heterocycles. The maximum absolute atomic E-state index is 6.25. The first kappa shape index (κ1) is 38.9. The third kappa shape index (κ3) is 8.47. The zero-order chi connectivity index (χ0) is 30.6. The van der Waals surface area contributed by atoms with Crippen molar-refractivity contribution in [3.8, 4) is 0 Å². The van der Waals surface area contributed by atoms with Crippen LogP contribution in [0.3, 0.4) is 0 Å². The van der Waals surface area contributed by atoms with Crippen molar-refractivity contribution in [3.63, 3.8) is 0 Å². The molecule has 0 atom stereocenters. The van der Waals surface area contributed by atoms with Gasteiger partial charge >= 0.3 is 0 Å². The minimum atomic E-state index is -0.755. The zero-order valence-corrected chi connectivity index (χ0v) is 30.4. The van der Waals surface area contributed by atoms with Gasteiger partial charge in [-0.15, -0.1) is 6.67 Å². The van der Waals surface area contributed by atoms with Crippen LogP contribution in [-0.2, 0) is 17.1 Å². The molecule has 0 saturated carbocycles. The standard InChI is InChI=1S/C31H51N2P2.Fe.2HN2/c1-20(2)34(21(3)4)28-17-24(30(9,10)11)15-26-27-16-25(31(12,13)14)18-29(33(27)19-32(26)28)35(22(5)6)23(7)8;;2*1-2/h15-23H,1-14H3;;2*1H/q-1;;2*-1/p+2. The van der Waals surface area contributed by atoms with Gasteiger partial charge in [0.1, 0.15) is 10.9 Å². The van der Waals surface area contributed by atoms with Crippen LogP contribution in [0.25, 0.3) is 11.1 Å². The second kappa shape index (κ2) is 15.4. The fourth-order valence-corrected chi connectivity index (χ4v) is 12.4. The molecule has 0 saturated heterocycles. The summed E-state index contributed by atoms with van der Waals surface area (Å²) < 4.78 is 0. The summed E-state index contributed by atoms with van der Waals surface area (Å²) in [7, 11) is -1.51. The molecule has 3 aliphatic rings. The largest absolute Gasteiger partial charge is 0.715 e. The second-order valence-corrected chi connectivity index (χ2v) is 21.4. The van der Waals surface area contributed by atoms with Crippen molar-refractivity contribution in [3.05, 3.63) is 75.5 Å². The van der Waals surface area contributed by atoms with E-state index in [1.165, 1.54) is 22.5 Å². The molecule has 40 heavy (non-hydrogen) atoms. The maximum atomic E-state index is 6.25. The van der Waals surface area contributed by atoms with E-state index in [9.17, 15) is 0 Å². The number of hydrogen-bond acceptors (Lipinski definition) is 4. The smallest absolute Gasteiger partial charge is 0.134 e. The molecule has 0 aliphatic carbocycles. The Morgan fingerprint density at radius 1 is 0.575 bits per heavy atom. The first-order chi connectivity index (χ1) is 17.9. The average Bonchev–Trinajstić information content (AvgIpc) is 3.19. The molecule has 0 amide bonds. The molecule has 3 rings (SSSR count). The topological polar surface area (TPSA) is 98.8 Å². The molecule has 2 N–H and O–H groups in total. The van der Waals surface area contributed by atoms with E-state index in [1.807, 2.05) is 0 Å². The zero-order valence-electron chi connectivity index (χ0n) is 27.3. The maximum Gasteiger partial charge on any atom is 0.134 e. The van der Waals surface area contributed by atoms with Crippen LogP contribution < -0.4 is 0 Å². The van der Waals surface area contributed by atoms with Gasteiger partial charge in [0, 0.05) is 28.5 Å². The Balaban J connectivity index is 0.00000291. The Morgan fingerprint density at radius 3 is 1.02 bits per heavy atom. The van der Waals surface area contributed by atoms with E-state index in [2.05, 4.69) is 138 Å². The molecule has 0 aromatic carbocycles. The minimum absolute atomic E-state index is 0. The van der Waals surface area contributed by atoms with Gasteiger partial charge in [-0.05, 0) is 102 Å². The van der Waals surface area contributed by atoms with E-state index in [1.54, 1.807) is 10.9 Å². The van der Waals surface area contributed by atoms with E-state index < -0.39 is 15.8 Å². The van der Waals surface area contributed by atoms with Crippen LogP contribution in [0.4, 0.5) is 0 Å². The summed E-state index contributed by atoms with van der Waals surface area (Å²) in [5.41, 5.74) is 33.8. The Labute approximate surface area is 258 Å². The van der Waals surface area contributed by atoms with Crippen molar-refractivity contribution in [2.45, 2.75) is 120 Å². The number of fused-ring (bicyclic) bond motifs is 2. The molecule has 0 aromatic rings. The predicted molar refractivity (Wildman–Crippen MR) is 176 cm³/mol. The Morgan fingerprint density at radius 2 is 0.825 bits per heavy atom. The van der Waals surface area contributed by atoms with Crippen LogP contribution in [0.15, 0.2) is 57.7 Å². The predicted octanol–water partition coefficient (Wildman–Crippen LogP) is 10.8. The molecule has 3 heterocycles. The summed E-state index contributed by atoms with van der Waals surface area (Å²) in [6, 6.07) is 0. The second-order valence-electron chi connectivity index (χ2n) is 13.9. The van der Waals surface area contributed by atoms with Crippen molar-refractivity contribution < 1.29 is 17.1 Å². The Kier molecular flexibility index (Phi) is 14.9. The van der Waals surface area contributed by atoms with Gasteiger partial charge in [0.25, 0.3) is 0 Å². The molecular formula is C31H55FeN6P2-. The summed E-state index contributed by atoms with van der Waals surface area (Å²) in [4.78, 5) is 5.18. The third-order valence-corrected chi connectivity index (χ3v) is 14.4. The van der Waals surface area contributed by atoms with Crippen molar-refractivity contribution >= 4 is 15.8 Å². The summed E-state index contributed by atoms with van der Waals surface area (Å²) in [5.74, 6) is 0. The normalized spacial score (nSPS) is 17.1. The van der Waals surface area contributed by atoms with Gasteiger partial charge in [-0.1, -0.05) is 41.5 Å². The van der Waals surface area contributed by atoms with Gasteiger partial charge in [-0.25, -0.2) is 0 Å². The van der Waals surface area contributed by atoms with E-state index >= 15 is 0 Å². The third-order valence-electron chi connectivity index (χ3n) is 7.51. The SMILES string of the molecule is CC(C)[PH+](C1=CC(C(C)(C)C)=CC2=C3C=C(C(C)(C)C)C=C([PH+](C(C)C)C(C)C)N3[CH-]N12)C(C)C.[Fe].[N-]=N.[N-]=N. The van der Waals surface area contributed by atoms with E-state index in [4.69, 9.17) is 22.1 Å². The number of rotatable bonds is 6. The van der Waals surface area contributed by atoms with Gasteiger partial charge < -0.3 is 31.9 Å². The van der Waals surface area contributed by atoms with Crippen LogP contribution in [0.1, 0.15) is 96.9 Å². The fraction of sp³-hybridized carbons (Fsp3) is 0.645. The van der Waals surface area contributed by atoms with Crippen LogP contribution in [0, 0.1) is 28.6 Å². The van der Waals surface area contributed by atoms with Gasteiger partial charge in [0.05, 0.1) is 38.5 Å². The van der Waals surface area contributed by atoms with Crippen molar-refractivity contribution in [2.24, 2.45) is 10.8 Å². The monoisotopic (exact) mass is 629 g/mol. The van der Waals surface area contributed by atoms with Crippen LogP contribution >= 0.6 is 15.8 Å². The van der Waals surface area contributed by atoms with Crippen molar-refractivity contribution in [1.29, 1.82) is 11.1 Å². The molecule has 6 nitrogen and oxygen atoms in total. The number of allylic oxidation sites excluding steroid dienone is 6. The minimum Gasteiger partial charge on any atom is -0.715 e. The first-order valence-electron chi connectivity index (χ1n) is 14.2. The van der Waals surface area contributed by atoms with Gasteiger partial charge in [0.2, 0.25) is 0 Å². The number of hydrogen-bond donors (Lipinski definition) is 2. The summed E-state index contributed by atoms with van der Waals surface area (Å²) >= 11 is 0. The summed E-state index contributed by atoms with van der Waals surface area (Å²) in [6.45, 7) is 36.1. The molecule has 0 spiro atoms. The van der Waals surface area contributed by atoms with E-state index in [-0.39, 0.29) is 27.9 Å². The molecule has 0 radical (unpaired) electrons. The van der Waals surface area contributed by atoms with Crippen LogP contribution in [0.2, 0.25) is 0 Å². The summed E-state index contributed by atoms with van der Waals surface area (Å²) in [6.07, 6.45) is 10.1.